The number of carbonyl (C=O) groups is 3. The summed E-state index contributed by atoms with van der Waals surface area (Å²) in [5.41, 5.74) is 5.84. The predicted molar refractivity (Wildman–Crippen MR) is 95.2 cm³/mol. The third-order valence-corrected chi connectivity index (χ3v) is 3.48. The lowest BCUT2D eigenvalue weighted by Crippen LogP contribution is -2.19. The normalized spacial score (nSPS) is 9.96. The monoisotopic (exact) mass is 377 g/mol. The lowest BCUT2D eigenvalue weighted by atomic mass is 10.1. The SMILES string of the molecule is N#Cc1cc(C(=O)Nc2onc(-c3cc(NC(N)=O)ccn3)c2C=O)ccn1. The van der Waals surface area contributed by atoms with Crippen molar-refractivity contribution in [3.63, 3.8) is 0 Å². The van der Waals surface area contributed by atoms with Crippen LogP contribution in [0.5, 0.6) is 0 Å². The molecule has 11 heteroatoms. The van der Waals surface area contributed by atoms with Gasteiger partial charge < -0.3 is 15.6 Å². The number of primary amides is 1. The zero-order valence-corrected chi connectivity index (χ0v) is 14.0. The van der Waals surface area contributed by atoms with Gasteiger partial charge in [-0.25, -0.2) is 9.78 Å². The molecule has 0 unspecified atom stereocenters. The van der Waals surface area contributed by atoms with Crippen LogP contribution in [0.1, 0.15) is 26.4 Å². The van der Waals surface area contributed by atoms with E-state index in [2.05, 4.69) is 25.8 Å². The Morgan fingerprint density at radius 3 is 2.68 bits per heavy atom. The lowest BCUT2D eigenvalue weighted by Gasteiger charge is -2.03. The molecule has 0 fully saturated rings. The standard InChI is InChI=1S/C17H11N7O4/c18-7-11-5-9(1-3-20-11)15(26)23-16-12(8-25)14(24-28-16)13-6-10(2-4-21-13)22-17(19)27/h1-6,8H,(H,23,26)(H3,19,21,22,27). The fourth-order valence-corrected chi connectivity index (χ4v) is 2.27. The van der Waals surface area contributed by atoms with Crippen LogP contribution < -0.4 is 16.4 Å². The molecule has 3 heterocycles. The molecule has 0 bridgehead atoms. The molecule has 0 aliphatic rings. The minimum Gasteiger partial charge on any atom is -0.351 e. The molecule has 138 valence electrons. The zero-order chi connectivity index (χ0) is 20.1. The summed E-state index contributed by atoms with van der Waals surface area (Å²) in [7, 11) is 0. The highest BCUT2D eigenvalue weighted by Gasteiger charge is 2.21. The number of nitrogens with zero attached hydrogens (tertiary/aromatic N) is 4. The zero-order valence-electron chi connectivity index (χ0n) is 14.0. The quantitative estimate of drug-likeness (QED) is 0.561. The van der Waals surface area contributed by atoms with Crippen molar-refractivity contribution < 1.29 is 18.9 Å². The van der Waals surface area contributed by atoms with E-state index >= 15 is 0 Å². The Kier molecular flexibility index (Phi) is 5.04. The van der Waals surface area contributed by atoms with E-state index in [0.29, 0.717) is 12.0 Å². The molecular weight excluding hydrogens is 366 g/mol. The maximum absolute atomic E-state index is 12.3. The van der Waals surface area contributed by atoms with Gasteiger partial charge in [-0.1, -0.05) is 5.16 Å². The number of nitrogens with one attached hydrogen (secondary N) is 2. The number of pyridine rings is 2. The molecule has 11 nitrogen and oxygen atoms in total. The van der Waals surface area contributed by atoms with Crippen molar-refractivity contribution in [2.45, 2.75) is 0 Å². The Morgan fingerprint density at radius 2 is 1.96 bits per heavy atom. The predicted octanol–water partition coefficient (Wildman–Crippen LogP) is 1.56. The average Bonchev–Trinajstić information content (AvgIpc) is 3.10. The van der Waals surface area contributed by atoms with Gasteiger partial charge >= 0.3 is 6.03 Å². The molecule has 0 saturated heterocycles. The van der Waals surface area contributed by atoms with E-state index in [-0.39, 0.29) is 34.1 Å². The molecule has 3 aromatic rings. The summed E-state index contributed by atoms with van der Waals surface area (Å²) in [6.07, 6.45) is 3.13. The van der Waals surface area contributed by atoms with Crippen LogP contribution in [0.25, 0.3) is 11.4 Å². The van der Waals surface area contributed by atoms with Crippen molar-refractivity contribution in [1.82, 2.24) is 15.1 Å². The van der Waals surface area contributed by atoms with Gasteiger partial charge in [-0.05, 0) is 24.3 Å². The van der Waals surface area contributed by atoms with Gasteiger partial charge in [0.25, 0.3) is 5.91 Å². The number of aldehydes is 1. The van der Waals surface area contributed by atoms with Crippen molar-refractivity contribution in [1.29, 1.82) is 5.26 Å². The molecule has 0 aliphatic carbocycles. The summed E-state index contributed by atoms with van der Waals surface area (Å²) in [5.74, 6) is -0.817. The first-order valence-electron chi connectivity index (χ1n) is 7.67. The highest BCUT2D eigenvalue weighted by molar-refractivity contribution is 6.06. The third kappa shape index (κ3) is 3.81. The number of rotatable bonds is 5. The summed E-state index contributed by atoms with van der Waals surface area (Å²) < 4.78 is 5.06. The second kappa shape index (κ2) is 7.75. The van der Waals surface area contributed by atoms with Crippen LogP contribution in [0.15, 0.2) is 41.2 Å². The Morgan fingerprint density at radius 1 is 1.18 bits per heavy atom. The van der Waals surface area contributed by atoms with E-state index in [0.717, 1.165) is 0 Å². The van der Waals surface area contributed by atoms with E-state index in [9.17, 15) is 14.4 Å². The molecule has 0 spiro atoms. The summed E-state index contributed by atoms with van der Waals surface area (Å²) in [6, 6.07) is 6.66. The van der Waals surface area contributed by atoms with Gasteiger partial charge in [0.2, 0.25) is 5.88 Å². The number of anilines is 2. The lowest BCUT2D eigenvalue weighted by molar-refractivity contribution is 0.102. The molecule has 0 aromatic carbocycles. The molecule has 3 aromatic heterocycles. The van der Waals surface area contributed by atoms with Gasteiger partial charge in [0, 0.05) is 23.6 Å². The average molecular weight is 377 g/mol. The second-order valence-corrected chi connectivity index (χ2v) is 5.31. The van der Waals surface area contributed by atoms with E-state index in [4.69, 9.17) is 15.5 Å². The number of nitriles is 1. The highest BCUT2D eigenvalue weighted by Crippen LogP contribution is 2.27. The van der Waals surface area contributed by atoms with Gasteiger partial charge in [0.15, 0.2) is 6.29 Å². The van der Waals surface area contributed by atoms with Gasteiger partial charge in [-0.2, -0.15) is 5.26 Å². The fourth-order valence-electron chi connectivity index (χ4n) is 2.27. The fraction of sp³-hybridized carbons (Fsp3) is 0. The topological polar surface area (TPSA) is 177 Å². The molecule has 28 heavy (non-hydrogen) atoms. The van der Waals surface area contributed by atoms with Crippen LogP contribution in [0, 0.1) is 11.3 Å². The highest BCUT2D eigenvalue weighted by atomic mass is 16.5. The Labute approximate surface area is 157 Å². The van der Waals surface area contributed by atoms with Crippen LogP contribution in [0.4, 0.5) is 16.4 Å². The molecule has 0 saturated carbocycles. The van der Waals surface area contributed by atoms with Gasteiger partial charge in [0.1, 0.15) is 23.0 Å². The summed E-state index contributed by atoms with van der Waals surface area (Å²) >= 11 is 0. The maximum atomic E-state index is 12.3. The summed E-state index contributed by atoms with van der Waals surface area (Å²) in [5, 5.41) is 17.4. The van der Waals surface area contributed by atoms with Crippen molar-refractivity contribution in [2.75, 3.05) is 10.6 Å². The van der Waals surface area contributed by atoms with E-state index < -0.39 is 11.9 Å². The van der Waals surface area contributed by atoms with Gasteiger partial charge in [-0.3, -0.25) is 19.9 Å². The van der Waals surface area contributed by atoms with Crippen molar-refractivity contribution >= 4 is 29.8 Å². The summed E-state index contributed by atoms with van der Waals surface area (Å²) in [6.45, 7) is 0. The number of urea groups is 1. The first-order valence-corrected chi connectivity index (χ1v) is 7.67. The first kappa shape index (κ1) is 18.2. The number of amides is 3. The minimum atomic E-state index is -0.769. The number of carbonyl (C=O) groups excluding carboxylic acids is 3. The largest absolute Gasteiger partial charge is 0.351 e. The van der Waals surface area contributed by atoms with Crippen LogP contribution in [-0.4, -0.2) is 33.3 Å². The molecule has 3 amide bonds. The minimum absolute atomic E-state index is 0.0494. The van der Waals surface area contributed by atoms with Crippen molar-refractivity contribution in [3.8, 4) is 17.5 Å². The van der Waals surface area contributed by atoms with Crippen LogP contribution in [0.2, 0.25) is 0 Å². The number of aromatic nitrogens is 3. The van der Waals surface area contributed by atoms with E-state index in [1.54, 1.807) is 0 Å². The van der Waals surface area contributed by atoms with Crippen molar-refractivity contribution in [3.05, 3.63) is 53.5 Å². The van der Waals surface area contributed by atoms with Gasteiger partial charge in [-0.15, -0.1) is 0 Å². The number of hydrogen-bond acceptors (Lipinski definition) is 8. The number of hydrogen-bond donors (Lipinski definition) is 3. The van der Waals surface area contributed by atoms with Crippen molar-refractivity contribution in [2.24, 2.45) is 5.73 Å². The van der Waals surface area contributed by atoms with Crippen LogP contribution in [0.3, 0.4) is 0 Å². The molecule has 0 aliphatic heterocycles. The Hall–Kier alpha value is -4.59. The van der Waals surface area contributed by atoms with E-state index in [1.165, 1.54) is 36.7 Å². The second-order valence-electron chi connectivity index (χ2n) is 5.31. The maximum Gasteiger partial charge on any atom is 0.316 e. The van der Waals surface area contributed by atoms with Crippen LogP contribution >= 0.6 is 0 Å². The van der Waals surface area contributed by atoms with E-state index in [1.807, 2.05) is 6.07 Å². The first-order chi connectivity index (χ1) is 13.5. The summed E-state index contributed by atoms with van der Waals surface area (Å²) in [4.78, 5) is 42.7. The smallest absolute Gasteiger partial charge is 0.316 e. The Bertz CT molecular complexity index is 1120. The molecule has 3 rings (SSSR count). The van der Waals surface area contributed by atoms with Gasteiger partial charge in [0.05, 0.1) is 5.69 Å². The molecular formula is C17H11N7O4. The number of nitrogens with two attached hydrogens (primary N) is 1. The molecule has 0 atom stereocenters. The molecule has 4 N–H and O–H groups in total. The third-order valence-electron chi connectivity index (χ3n) is 3.48. The molecule has 0 radical (unpaired) electrons. The Balaban J connectivity index is 1.90. The van der Waals surface area contributed by atoms with Crippen LogP contribution in [-0.2, 0) is 0 Å².